The number of nitrogens with zero attached hydrogens (tertiary/aromatic N) is 4. The number of aromatic nitrogens is 2. The fourth-order valence-corrected chi connectivity index (χ4v) is 3.97. The third kappa shape index (κ3) is 3.11. The van der Waals surface area contributed by atoms with E-state index in [1.807, 2.05) is 18.0 Å². The molecule has 0 bridgehead atoms. The van der Waals surface area contributed by atoms with Gasteiger partial charge < -0.3 is 14.5 Å². The van der Waals surface area contributed by atoms with Crippen molar-refractivity contribution in [3.63, 3.8) is 0 Å². The Labute approximate surface area is 144 Å². The van der Waals surface area contributed by atoms with Gasteiger partial charge in [0.2, 0.25) is 11.9 Å². The van der Waals surface area contributed by atoms with Gasteiger partial charge in [-0.25, -0.2) is 9.97 Å². The van der Waals surface area contributed by atoms with Crippen molar-refractivity contribution in [3.05, 3.63) is 17.5 Å². The maximum Gasteiger partial charge on any atom is 0.230 e. The summed E-state index contributed by atoms with van der Waals surface area (Å²) in [6.45, 7) is 7.91. The number of amides is 1. The van der Waals surface area contributed by atoms with Crippen molar-refractivity contribution in [3.8, 4) is 0 Å². The van der Waals surface area contributed by atoms with Crippen LogP contribution in [0.25, 0.3) is 0 Å². The van der Waals surface area contributed by atoms with Gasteiger partial charge >= 0.3 is 0 Å². The molecule has 3 rings (SSSR count). The lowest BCUT2D eigenvalue weighted by molar-refractivity contribution is -0.145. The Bertz CT molecular complexity index is 607. The third-order valence-corrected chi connectivity index (χ3v) is 5.42. The summed E-state index contributed by atoms with van der Waals surface area (Å²) in [6, 6.07) is 0. The molecule has 1 unspecified atom stereocenters. The minimum Gasteiger partial charge on any atom is -0.383 e. The second-order valence-electron chi connectivity index (χ2n) is 6.99. The smallest absolute Gasteiger partial charge is 0.230 e. The second-order valence-corrected chi connectivity index (χ2v) is 6.99. The number of anilines is 1. The predicted octanol–water partition coefficient (Wildman–Crippen LogP) is 1.81. The highest BCUT2D eigenvalue weighted by atomic mass is 16.5. The molecule has 2 aliphatic heterocycles. The molecule has 0 aliphatic carbocycles. The van der Waals surface area contributed by atoms with Gasteiger partial charge in [0.25, 0.3) is 0 Å². The molecule has 1 aromatic heterocycles. The Morgan fingerprint density at radius 1 is 1.33 bits per heavy atom. The standard InChI is InChI=1S/C18H28N4O2/c1-4-15-14(2)12-19-17(20-15)22-9-7-18(13-22)6-5-8-21(16(18)23)10-11-24-3/h12H,4-11,13H2,1-3H3. The Morgan fingerprint density at radius 2 is 2.17 bits per heavy atom. The van der Waals surface area contributed by atoms with Crippen LogP contribution in [0.4, 0.5) is 5.95 Å². The van der Waals surface area contributed by atoms with E-state index < -0.39 is 0 Å². The summed E-state index contributed by atoms with van der Waals surface area (Å²) >= 11 is 0. The van der Waals surface area contributed by atoms with Crippen LogP contribution in [0.1, 0.15) is 37.4 Å². The van der Waals surface area contributed by atoms with E-state index in [-0.39, 0.29) is 11.3 Å². The molecular formula is C18H28N4O2. The fraction of sp³-hybridized carbons (Fsp3) is 0.722. The molecule has 1 amide bonds. The van der Waals surface area contributed by atoms with Crippen LogP contribution in [0.15, 0.2) is 6.20 Å². The zero-order chi connectivity index (χ0) is 17.2. The maximum absolute atomic E-state index is 13.0. The van der Waals surface area contributed by atoms with Gasteiger partial charge in [-0.2, -0.15) is 0 Å². The average Bonchev–Trinajstić information content (AvgIpc) is 3.02. The first-order valence-electron chi connectivity index (χ1n) is 8.95. The van der Waals surface area contributed by atoms with E-state index in [0.29, 0.717) is 13.2 Å². The van der Waals surface area contributed by atoms with Crippen LogP contribution >= 0.6 is 0 Å². The van der Waals surface area contributed by atoms with Gasteiger partial charge in [-0.05, 0) is 38.2 Å². The topological polar surface area (TPSA) is 58.6 Å². The Kier molecular flexibility index (Phi) is 5.04. The number of ether oxygens (including phenoxy) is 1. The van der Waals surface area contributed by atoms with E-state index >= 15 is 0 Å². The molecule has 6 heteroatoms. The maximum atomic E-state index is 13.0. The van der Waals surface area contributed by atoms with E-state index in [1.165, 1.54) is 0 Å². The highest BCUT2D eigenvalue weighted by molar-refractivity contribution is 5.85. The van der Waals surface area contributed by atoms with Crippen molar-refractivity contribution in [1.29, 1.82) is 0 Å². The Balaban J connectivity index is 1.75. The molecule has 0 saturated carbocycles. The van der Waals surface area contributed by atoms with Gasteiger partial charge in [0.15, 0.2) is 0 Å². The number of hydrogen-bond donors (Lipinski definition) is 0. The number of carbonyl (C=O) groups is 1. The number of aryl methyl sites for hydroxylation is 2. The van der Waals surface area contributed by atoms with Crippen LogP contribution in [0.3, 0.4) is 0 Å². The summed E-state index contributed by atoms with van der Waals surface area (Å²) in [7, 11) is 1.68. The molecule has 2 saturated heterocycles. The lowest BCUT2D eigenvalue weighted by atomic mass is 9.78. The lowest BCUT2D eigenvalue weighted by Gasteiger charge is -2.39. The molecule has 1 spiro atoms. The Hall–Kier alpha value is -1.69. The quantitative estimate of drug-likeness (QED) is 0.823. The van der Waals surface area contributed by atoms with Crippen LogP contribution < -0.4 is 4.90 Å². The van der Waals surface area contributed by atoms with Gasteiger partial charge in [-0.3, -0.25) is 4.79 Å². The normalized spacial score (nSPS) is 24.2. The summed E-state index contributed by atoms with van der Waals surface area (Å²) in [5.74, 6) is 1.06. The summed E-state index contributed by atoms with van der Waals surface area (Å²) in [6.07, 6.45) is 5.74. The Morgan fingerprint density at radius 3 is 2.92 bits per heavy atom. The molecule has 2 aliphatic rings. The summed E-state index contributed by atoms with van der Waals surface area (Å²) < 4.78 is 5.15. The van der Waals surface area contributed by atoms with Gasteiger partial charge in [0.1, 0.15) is 0 Å². The van der Waals surface area contributed by atoms with E-state index in [9.17, 15) is 4.79 Å². The molecule has 1 atom stereocenters. The van der Waals surface area contributed by atoms with Crippen molar-refractivity contribution >= 4 is 11.9 Å². The predicted molar refractivity (Wildman–Crippen MR) is 93.1 cm³/mol. The zero-order valence-electron chi connectivity index (χ0n) is 15.0. The van der Waals surface area contributed by atoms with Crippen molar-refractivity contribution in [1.82, 2.24) is 14.9 Å². The first-order chi connectivity index (χ1) is 11.6. The van der Waals surface area contributed by atoms with Gasteiger partial charge in [0, 0.05) is 45.2 Å². The largest absolute Gasteiger partial charge is 0.383 e. The van der Waals surface area contributed by atoms with Crippen LogP contribution in [-0.2, 0) is 16.0 Å². The minimum atomic E-state index is -0.257. The van der Waals surface area contributed by atoms with E-state index in [1.54, 1.807) is 7.11 Å². The molecule has 6 nitrogen and oxygen atoms in total. The van der Waals surface area contributed by atoms with Gasteiger partial charge in [-0.15, -0.1) is 0 Å². The van der Waals surface area contributed by atoms with Crippen molar-refractivity contribution in [2.45, 2.75) is 39.5 Å². The number of likely N-dealkylation sites (tertiary alicyclic amines) is 1. The first kappa shape index (κ1) is 17.1. The summed E-state index contributed by atoms with van der Waals surface area (Å²) in [5, 5.41) is 0. The molecule has 0 N–H and O–H groups in total. The van der Waals surface area contributed by atoms with E-state index in [2.05, 4.69) is 16.8 Å². The van der Waals surface area contributed by atoms with Crippen molar-refractivity contribution in [2.75, 3.05) is 44.8 Å². The third-order valence-electron chi connectivity index (χ3n) is 5.42. The molecule has 0 aromatic carbocycles. The number of piperidine rings is 1. The first-order valence-corrected chi connectivity index (χ1v) is 8.95. The molecule has 0 radical (unpaired) electrons. The zero-order valence-corrected chi connectivity index (χ0v) is 15.0. The van der Waals surface area contributed by atoms with Crippen LogP contribution in [0.5, 0.6) is 0 Å². The van der Waals surface area contributed by atoms with Crippen LogP contribution in [0.2, 0.25) is 0 Å². The second kappa shape index (κ2) is 7.05. The lowest BCUT2D eigenvalue weighted by Crippen LogP contribution is -2.51. The van der Waals surface area contributed by atoms with E-state index in [0.717, 1.165) is 62.5 Å². The van der Waals surface area contributed by atoms with E-state index in [4.69, 9.17) is 9.72 Å². The number of carbonyl (C=O) groups excluding carboxylic acids is 1. The highest BCUT2D eigenvalue weighted by Crippen LogP contribution is 2.40. The van der Waals surface area contributed by atoms with Crippen LogP contribution in [0, 0.1) is 12.3 Å². The van der Waals surface area contributed by atoms with Crippen molar-refractivity contribution in [2.24, 2.45) is 5.41 Å². The van der Waals surface area contributed by atoms with Crippen LogP contribution in [-0.4, -0.2) is 60.7 Å². The SMILES string of the molecule is CCc1nc(N2CCC3(CCCN(CCOC)C3=O)C2)ncc1C. The molecular weight excluding hydrogens is 304 g/mol. The summed E-state index contributed by atoms with van der Waals surface area (Å²) in [5.41, 5.74) is 1.97. The fourth-order valence-electron chi connectivity index (χ4n) is 3.97. The van der Waals surface area contributed by atoms with Crippen molar-refractivity contribution < 1.29 is 9.53 Å². The number of hydrogen-bond acceptors (Lipinski definition) is 5. The minimum absolute atomic E-state index is 0.257. The number of methoxy groups -OCH3 is 1. The van der Waals surface area contributed by atoms with Gasteiger partial charge in [-0.1, -0.05) is 6.92 Å². The van der Waals surface area contributed by atoms with Gasteiger partial charge in [0.05, 0.1) is 12.0 Å². The number of rotatable bonds is 5. The highest BCUT2D eigenvalue weighted by Gasteiger charge is 2.48. The molecule has 1 aromatic rings. The molecule has 24 heavy (non-hydrogen) atoms. The molecule has 2 fully saturated rings. The monoisotopic (exact) mass is 332 g/mol. The molecule has 132 valence electrons. The molecule has 3 heterocycles. The summed E-state index contributed by atoms with van der Waals surface area (Å²) in [4.78, 5) is 26.4. The average molecular weight is 332 g/mol.